The van der Waals surface area contributed by atoms with Gasteiger partial charge in [-0.05, 0) is 148 Å². The van der Waals surface area contributed by atoms with Crippen molar-refractivity contribution in [1.29, 1.82) is 0 Å². The van der Waals surface area contributed by atoms with Gasteiger partial charge in [-0.25, -0.2) is 0 Å². The Morgan fingerprint density at radius 3 is 1.92 bits per heavy atom. The molecule has 2 aromatic heterocycles. The number of furan rings is 1. The molecule has 50 heavy (non-hydrogen) atoms. The molecule has 1 nitrogen and oxygen atoms in total. The molecule has 0 spiro atoms. The zero-order valence-electron chi connectivity index (χ0n) is 27.1. The van der Waals surface area contributed by atoms with Crippen molar-refractivity contribution in [3.63, 3.8) is 0 Å². The average molecular weight is 653 g/mol. The van der Waals surface area contributed by atoms with Crippen LogP contribution in [0.3, 0.4) is 0 Å². The minimum Gasteiger partial charge on any atom is -0.456 e. The molecule has 8 aromatic carbocycles. The lowest BCUT2D eigenvalue weighted by Gasteiger charge is -2.20. The van der Waals surface area contributed by atoms with Crippen LogP contribution in [0.2, 0.25) is 0 Å². The zero-order chi connectivity index (χ0) is 32.5. The van der Waals surface area contributed by atoms with Crippen LogP contribution in [0.25, 0.3) is 98.1 Å². The van der Waals surface area contributed by atoms with E-state index in [2.05, 4.69) is 145 Å². The second-order valence-electron chi connectivity index (χ2n) is 14.0. The molecule has 0 aliphatic heterocycles. The number of fused-ring (bicyclic) bond motifs is 12. The number of benzene rings is 8. The molecular weight excluding hydrogens is 625 g/mol. The van der Waals surface area contributed by atoms with Crippen molar-refractivity contribution in [3.05, 3.63) is 167 Å². The van der Waals surface area contributed by atoms with Crippen LogP contribution in [0.15, 0.2) is 149 Å². The van der Waals surface area contributed by atoms with Gasteiger partial charge in [0, 0.05) is 15.5 Å². The Labute approximate surface area is 292 Å². The van der Waals surface area contributed by atoms with E-state index in [4.69, 9.17) is 4.42 Å². The van der Waals surface area contributed by atoms with Gasteiger partial charge in [0.15, 0.2) is 0 Å². The first-order valence-corrected chi connectivity index (χ1v) is 18.3. The molecule has 2 heteroatoms. The van der Waals surface area contributed by atoms with E-state index in [1.807, 2.05) is 0 Å². The molecule has 0 radical (unpaired) electrons. The smallest absolute Gasteiger partial charge is 0.136 e. The van der Waals surface area contributed by atoms with Gasteiger partial charge in [-0.2, -0.15) is 0 Å². The fourth-order valence-corrected chi connectivity index (χ4v) is 10.0. The molecule has 0 fully saturated rings. The number of hydrogen-bond donors (Lipinski definition) is 0. The minimum atomic E-state index is 0.930. The average Bonchev–Trinajstić information content (AvgIpc) is 3.93. The van der Waals surface area contributed by atoms with E-state index in [9.17, 15) is 0 Å². The standard InChI is InChI=1S/C48H28OS/c1-2-10-33-27(8-1)20-31-22-32-21-29-9-7-15-39(47(29)41(32)25-40(31)33)48-37-13-5-3-11-35(37)46(36-12-4-6-14-38(36)48)30-16-17-34-42-23-28-18-19-50-45(28)26-44(42)49-43(34)24-30/h1-19,22-26H,20-21H2. The lowest BCUT2D eigenvalue weighted by atomic mass is 9.83. The van der Waals surface area contributed by atoms with Gasteiger partial charge >= 0.3 is 0 Å². The molecule has 2 heterocycles. The van der Waals surface area contributed by atoms with Crippen LogP contribution < -0.4 is 0 Å². The SMILES string of the molecule is c1ccc2c(c1)Cc1cc3c(cc1-2)-c1c(cccc1-c1c2ccccc2c(-c2ccc4c(c2)oc2cc5sccc5cc24)c2ccccc12)C3. The second kappa shape index (κ2) is 9.81. The number of hydrogen-bond acceptors (Lipinski definition) is 2. The summed E-state index contributed by atoms with van der Waals surface area (Å²) in [4.78, 5) is 0. The van der Waals surface area contributed by atoms with Crippen molar-refractivity contribution < 1.29 is 4.42 Å². The Bertz CT molecular complexity index is 3040. The van der Waals surface area contributed by atoms with Crippen molar-refractivity contribution in [2.24, 2.45) is 0 Å². The van der Waals surface area contributed by atoms with Gasteiger partial charge in [-0.1, -0.05) is 103 Å². The topological polar surface area (TPSA) is 13.1 Å². The van der Waals surface area contributed by atoms with Gasteiger partial charge in [-0.3, -0.25) is 0 Å². The lowest BCUT2D eigenvalue weighted by molar-refractivity contribution is 0.669. The third kappa shape index (κ3) is 3.61. The summed E-state index contributed by atoms with van der Waals surface area (Å²) in [7, 11) is 0. The number of thiophene rings is 1. The third-order valence-corrected chi connectivity index (χ3v) is 12.2. The van der Waals surface area contributed by atoms with Gasteiger partial charge in [0.1, 0.15) is 11.2 Å². The summed E-state index contributed by atoms with van der Waals surface area (Å²) in [5.41, 5.74) is 18.3. The molecule has 12 rings (SSSR count). The van der Waals surface area contributed by atoms with Gasteiger partial charge in [0.05, 0.1) is 0 Å². The predicted molar refractivity (Wildman–Crippen MR) is 211 cm³/mol. The molecular formula is C48H28OS. The van der Waals surface area contributed by atoms with E-state index in [-0.39, 0.29) is 0 Å². The summed E-state index contributed by atoms with van der Waals surface area (Å²) in [6.07, 6.45) is 2.00. The van der Waals surface area contributed by atoms with Gasteiger partial charge in [0.25, 0.3) is 0 Å². The third-order valence-electron chi connectivity index (χ3n) is 11.4. The summed E-state index contributed by atoms with van der Waals surface area (Å²) in [6, 6.07) is 52.3. The molecule has 0 atom stereocenters. The lowest BCUT2D eigenvalue weighted by Crippen LogP contribution is -1.93. The fraction of sp³-hybridized carbons (Fsp3) is 0.0417. The quantitative estimate of drug-likeness (QED) is 0.169. The van der Waals surface area contributed by atoms with E-state index < -0.39 is 0 Å². The van der Waals surface area contributed by atoms with Crippen molar-refractivity contribution in [1.82, 2.24) is 0 Å². The summed E-state index contributed by atoms with van der Waals surface area (Å²) in [6.45, 7) is 0. The summed E-state index contributed by atoms with van der Waals surface area (Å²) < 4.78 is 7.81. The molecule has 0 N–H and O–H groups in total. The summed E-state index contributed by atoms with van der Waals surface area (Å²) in [5, 5.41) is 10.8. The van der Waals surface area contributed by atoms with Crippen LogP contribution in [0, 0.1) is 0 Å². The van der Waals surface area contributed by atoms with Gasteiger partial charge < -0.3 is 4.42 Å². The molecule has 10 aromatic rings. The Morgan fingerprint density at radius 2 is 1.08 bits per heavy atom. The number of rotatable bonds is 2. The minimum absolute atomic E-state index is 0.930. The molecule has 232 valence electrons. The van der Waals surface area contributed by atoms with Crippen molar-refractivity contribution >= 4 is 64.9 Å². The normalized spacial score (nSPS) is 13.0. The van der Waals surface area contributed by atoms with Crippen LogP contribution in [0.5, 0.6) is 0 Å². The maximum Gasteiger partial charge on any atom is 0.136 e. The molecule has 0 amide bonds. The Hall–Kier alpha value is -5.96. The van der Waals surface area contributed by atoms with Crippen molar-refractivity contribution in [2.75, 3.05) is 0 Å². The van der Waals surface area contributed by atoms with Crippen LogP contribution in [-0.2, 0) is 12.8 Å². The molecule has 2 aliphatic carbocycles. The highest BCUT2D eigenvalue weighted by molar-refractivity contribution is 7.17. The highest BCUT2D eigenvalue weighted by atomic mass is 32.1. The summed E-state index contributed by atoms with van der Waals surface area (Å²) >= 11 is 1.76. The van der Waals surface area contributed by atoms with E-state index in [0.29, 0.717) is 0 Å². The van der Waals surface area contributed by atoms with Gasteiger partial charge in [-0.15, -0.1) is 11.3 Å². The van der Waals surface area contributed by atoms with Crippen LogP contribution >= 0.6 is 11.3 Å². The van der Waals surface area contributed by atoms with Gasteiger partial charge in [0.2, 0.25) is 0 Å². The fourth-order valence-electron chi connectivity index (χ4n) is 9.21. The molecule has 0 saturated heterocycles. The van der Waals surface area contributed by atoms with E-state index in [1.54, 1.807) is 11.3 Å². The second-order valence-corrected chi connectivity index (χ2v) is 14.9. The molecule has 0 saturated carbocycles. The summed E-state index contributed by atoms with van der Waals surface area (Å²) in [5.74, 6) is 0. The zero-order valence-corrected chi connectivity index (χ0v) is 27.9. The van der Waals surface area contributed by atoms with E-state index in [1.165, 1.54) is 104 Å². The molecule has 0 unspecified atom stereocenters. The van der Waals surface area contributed by atoms with Crippen LogP contribution in [-0.4, -0.2) is 0 Å². The first-order valence-electron chi connectivity index (χ1n) is 17.4. The molecule has 0 bridgehead atoms. The van der Waals surface area contributed by atoms with Crippen molar-refractivity contribution in [3.8, 4) is 44.5 Å². The first kappa shape index (κ1) is 26.9. The van der Waals surface area contributed by atoms with E-state index >= 15 is 0 Å². The highest BCUT2D eigenvalue weighted by Gasteiger charge is 2.28. The maximum absolute atomic E-state index is 6.55. The van der Waals surface area contributed by atoms with E-state index in [0.717, 1.165) is 29.4 Å². The monoisotopic (exact) mass is 652 g/mol. The largest absolute Gasteiger partial charge is 0.456 e. The highest BCUT2D eigenvalue weighted by Crippen LogP contribution is 2.51. The Morgan fingerprint density at radius 1 is 0.400 bits per heavy atom. The Balaban J connectivity index is 1.11. The Kier molecular flexibility index (Phi) is 5.29. The molecule has 2 aliphatic rings. The van der Waals surface area contributed by atoms with Crippen molar-refractivity contribution in [2.45, 2.75) is 12.8 Å². The predicted octanol–water partition coefficient (Wildman–Crippen LogP) is 13.6. The van der Waals surface area contributed by atoms with Crippen LogP contribution in [0.4, 0.5) is 0 Å². The first-order chi connectivity index (χ1) is 24.8. The van der Waals surface area contributed by atoms with Crippen LogP contribution in [0.1, 0.15) is 22.3 Å². The maximum atomic E-state index is 6.55.